The third kappa shape index (κ3) is 3.33. The van der Waals surface area contributed by atoms with E-state index in [1.165, 1.54) is 0 Å². The number of carbonyl (C=O) groups excluding carboxylic acids is 1. The fourth-order valence-corrected chi connectivity index (χ4v) is 2.70. The molecule has 0 bridgehead atoms. The zero-order valence-corrected chi connectivity index (χ0v) is 14.9. The molecule has 2 aromatic rings. The molecule has 132 valence electrons. The molecule has 0 radical (unpaired) electrons. The summed E-state index contributed by atoms with van der Waals surface area (Å²) in [6, 6.07) is 6.97. The van der Waals surface area contributed by atoms with Gasteiger partial charge < -0.3 is 14.8 Å². The first-order valence-electron chi connectivity index (χ1n) is 7.93. The van der Waals surface area contributed by atoms with Gasteiger partial charge in [0, 0.05) is 5.70 Å². The molecule has 0 aliphatic carbocycles. The summed E-state index contributed by atoms with van der Waals surface area (Å²) in [5, 5.41) is 14.8. The highest BCUT2D eigenvalue weighted by molar-refractivity contribution is 5.92. The molecule has 1 aromatic heterocycles. The SMILES string of the molecule is COc1ccc([C@@H]2C(C(=O)OC(C)(C)C)=C(C)Nc3nnnn32)cc1. The number of nitrogens with one attached hydrogen (secondary N) is 1. The van der Waals surface area contributed by atoms with Gasteiger partial charge in [-0.1, -0.05) is 17.2 Å². The molecule has 1 aromatic carbocycles. The highest BCUT2D eigenvalue weighted by Gasteiger charge is 2.36. The molecule has 0 fully saturated rings. The van der Waals surface area contributed by atoms with Gasteiger partial charge in [-0.2, -0.15) is 4.68 Å². The molecular formula is C17H21N5O3. The topological polar surface area (TPSA) is 91.2 Å². The Morgan fingerprint density at radius 1 is 1.24 bits per heavy atom. The predicted molar refractivity (Wildman–Crippen MR) is 91.1 cm³/mol. The minimum atomic E-state index is -0.601. The lowest BCUT2D eigenvalue weighted by Gasteiger charge is -2.29. The number of aromatic nitrogens is 4. The van der Waals surface area contributed by atoms with Crippen LogP contribution in [0.1, 0.15) is 39.3 Å². The molecule has 3 rings (SSSR count). The lowest BCUT2D eigenvalue weighted by atomic mass is 9.95. The first-order valence-corrected chi connectivity index (χ1v) is 7.93. The number of benzene rings is 1. The Labute approximate surface area is 145 Å². The molecule has 8 heteroatoms. The van der Waals surface area contributed by atoms with Crippen molar-refractivity contribution in [1.29, 1.82) is 0 Å². The molecule has 8 nitrogen and oxygen atoms in total. The van der Waals surface area contributed by atoms with E-state index >= 15 is 0 Å². The van der Waals surface area contributed by atoms with E-state index in [0.29, 0.717) is 17.2 Å². The molecule has 25 heavy (non-hydrogen) atoms. The van der Waals surface area contributed by atoms with Crippen LogP contribution in [0.5, 0.6) is 5.75 Å². The van der Waals surface area contributed by atoms with Crippen molar-refractivity contribution < 1.29 is 14.3 Å². The van der Waals surface area contributed by atoms with Crippen LogP contribution in [0.2, 0.25) is 0 Å². The van der Waals surface area contributed by atoms with Crippen LogP contribution in [-0.4, -0.2) is 38.9 Å². The van der Waals surface area contributed by atoms with Crippen LogP contribution in [0.4, 0.5) is 5.95 Å². The summed E-state index contributed by atoms with van der Waals surface area (Å²) in [5.74, 6) is 0.805. The first-order chi connectivity index (χ1) is 11.8. The minimum Gasteiger partial charge on any atom is -0.497 e. The number of tetrazole rings is 1. The van der Waals surface area contributed by atoms with E-state index in [9.17, 15) is 4.79 Å². The second-order valence-electron chi connectivity index (χ2n) is 6.79. The van der Waals surface area contributed by atoms with E-state index in [2.05, 4.69) is 20.8 Å². The maximum absolute atomic E-state index is 12.8. The number of allylic oxidation sites excluding steroid dienone is 1. The Hall–Kier alpha value is -2.90. The summed E-state index contributed by atoms with van der Waals surface area (Å²) in [6.07, 6.45) is 0. The Bertz CT molecular complexity index is 818. The number of methoxy groups -OCH3 is 1. The molecule has 1 N–H and O–H groups in total. The number of nitrogens with zero attached hydrogens (tertiary/aromatic N) is 4. The van der Waals surface area contributed by atoms with Crippen LogP contribution in [0.3, 0.4) is 0 Å². The number of hydrogen-bond acceptors (Lipinski definition) is 7. The summed E-state index contributed by atoms with van der Waals surface area (Å²) in [7, 11) is 1.61. The zero-order chi connectivity index (χ0) is 18.2. The van der Waals surface area contributed by atoms with Gasteiger partial charge in [0.15, 0.2) is 0 Å². The average Bonchev–Trinajstić information content (AvgIpc) is 2.99. The third-order valence-corrected chi connectivity index (χ3v) is 3.76. The average molecular weight is 343 g/mol. The maximum Gasteiger partial charge on any atom is 0.338 e. The van der Waals surface area contributed by atoms with Gasteiger partial charge in [0.1, 0.15) is 17.4 Å². The first kappa shape index (κ1) is 16.9. The van der Waals surface area contributed by atoms with Crippen LogP contribution >= 0.6 is 0 Å². The fraction of sp³-hybridized carbons (Fsp3) is 0.412. The van der Waals surface area contributed by atoms with Gasteiger partial charge in [0.2, 0.25) is 5.95 Å². The van der Waals surface area contributed by atoms with Crippen molar-refractivity contribution in [3.63, 3.8) is 0 Å². The lowest BCUT2D eigenvalue weighted by Crippen LogP contribution is -2.33. The molecule has 1 atom stereocenters. The van der Waals surface area contributed by atoms with Crippen LogP contribution in [0.15, 0.2) is 35.5 Å². The maximum atomic E-state index is 12.8. The van der Waals surface area contributed by atoms with Crippen molar-refractivity contribution in [2.45, 2.75) is 39.3 Å². The number of fused-ring (bicyclic) bond motifs is 1. The number of ether oxygens (including phenoxy) is 2. The minimum absolute atomic E-state index is 0.403. The van der Waals surface area contributed by atoms with Gasteiger partial charge in [-0.15, -0.1) is 0 Å². The largest absolute Gasteiger partial charge is 0.497 e. The van der Waals surface area contributed by atoms with Gasteiger partial charge in [0.25, 0.3) is 0 Å². The van der Waals surface area contributed by atoms with Crippen LogP contribution < -0.4 is 10.1 Å². The Kier molecular flexibility index (Phi) is 4.20. The van der Waals surface area contributed by atoms with E-state index in [-0.39, 0.29) is 0 Å². The second-order valence-corrected chi connectivity index (χ2v) is 6.79. The van der Waals surface area contributed by atoms with Crippen molar-refractivity contribution in [3.05, 3.63) is 41.1 Å². The third-order valence-electron chi connectivity index (χ3n) is 3.76. The standard InChI is InChI=1S/C17H21N5O3/c1-10-13(15(23)25-17(2,3)4)14(22-16(18-10)19-20-21-22)11-6-8-12(24-5)9-7-11/h6-9,14H,1-5H3,(H,18,19,21)/t14-/m1/s1. The van der Waals surface area contributed by atoms with E-state index in [1.807, 2.05) is 52.0 Å². The molecule has 1 aliphatic heterocycles. The van der Waals surface area contributed by atoms with Gasteiger partial charge in [-0.3, -0.25) is 0 Å². The van der Waals surface area contributed by atoms with E-state index in [1.54, 1.807) is 11.8 Å². The molecule has 0 saturated heterocycles. The molecular weight excluding hydrogens is 322 g/mol. The number of hydrogen-bond donors (Lipinski definition) is 1. The van der Waals surface area contributed by atoms with Gasteiger partial charge >= 0.3 is 5.97 Å². The number of esters is 1. The highest BCUT2D eigenvalue weighted by Crippen LogP contribution is 2.36. The number of rotatable bonds is 3. The second kappa shape index (κ2) is 6.19. The van der Waals surface area contributed by atoms with Crippen molar-refractivity contribution in [1.82, 2.24) is 20.2 Å². The summed E-state index contributed by atoms with van der Waals surface area (Å²) in [5.41, 5.74) is 1.39. The van der Waals surface area contributed by atoms with Crippen LogP contribution in [0, 0.1) is 0 Å². The van der Waals surface area contributed by atoms with Crippen LogP contribution in [-0.2, 0) is 9.53 Å². The quantitative estimate of drug-likeness (QED) is 0.855. The molecule has 0 amide bonds. The summed E-state index contributed by atoms with van der Waals surface area (Å²) < 4.78 is 12.4. The molecule has 0 saturated carbocycles. The normalized spacial score (nSPS) is 16.9. The van der Waals surface area contributed by atoms with Crippen molar-refractivity contribution >= 4 is 11.9 Å². The number of anilines is 1. The van der Waals surface area contributed by atoms with E-state index in [0.717, 1.165) is 11.3 Å². The van der Waals surface area contributed by atoms with Crippen molar-refractivity contribution in [2.24, 2.45) is 0 Å². The molecule has 1 aliphatic rings. The molecule has 0 unspecified atom stereocenters. The summed E-state index contributed by atoms with van der Waals surface area (Å²) in [6.45, 7) is 7.32. The molecule has 0 spiro atoms. The predicted octanol–water partition coefficient (Wildman–Crippen LogP) is 2.31. The van der Waals surface area contributed by atoms with E-state index < -0.39 is 17.6 Å². The van der Waals surface area contributed by atoms with Crippen LogP contribution in [0.25, 0.3) is 0 Å². The van der Waals surface area contributed by atoms with E-state index in [4.69, 9.17) is 9.47 Å². The van der Waals surface area contributed by atoms with Crippen molar-refractivity contribution in [3.8, 4) is 5.75 Å². The summed E-state index contributed by atoms with van der Waals surface area (Å²) >= 11 is 0. The Balaban J connectivity index is 2.08. The number of carbonyl (C=O) groups is 1. The van der Waals surface area contributed by atoms with Gasteiger partial charge in [-0.25, -0.2) is 4.79 Å². The van der Waals surface area contributed by atoms with Gasteiger partial charge in [0.05, 0.1) is 12.7 Å². The van der Waals surface area contributed by atoms with Crippen molar-refractivity contribution in [2.75, 3.05) is 12.4 Å². The monoisotopic (exact) mass is 343 g/mol. The smallest absolute Gasteiger partial charge is 0.338 e. The Morgan fingerprint density at radius 2 is 1.92 bits per heavy atom. The fourth-order valence-electron chi connectivity index (χ4n) is 2.70. The Morgan fingerprint density at radius 3 is 2.52 bits per heavy atom. The molecule has 2 heterocycles. The zero-order valence-electron chi connectivity index (χ0n) is 14.9. The lowest BCUT2D eigenvalue weighted by molar-refractivity contribution is -0.150. The summed E-state index contributed by atoms with van der Waals surface area (Å²) in [4.78, 5) is 12.8. The highest BCUT2D eigenvalue weighted by atomic mass is 16.6. The van der Waals surface area contributed by atoms with Gasteiger partial charge in [-0.05, 0) is 55.8 Å².